The molecular weight excluding hydrogens is 466 g/mol. The zero-order valence-corrected chi connectivity index (χ0v) is 22.0. The first kappa shape index (κ1) is 24.7. The summed E-state index contributed by atoms with van der Waals surface area (Å²) in [6.07, 6.45) is 2.26. The maximum absolute atomic E-state index is 13.5. The Kier molecular flexibility index (Phi) is 7.54. The van der Waals surface area contributed by atoms with Crippen LogP contribution in [-0.4, -0.2) is 65.3 Å². The van der Waals surface area contributed by atoms with Crippen LogP contribution in [0.1, 0.15) is 46.5 Å². The smallest absolute Gasteiger partial charge is 0.236 e. The highest BCUT2D eigenvalue weighted by atomic mass is 32.1. The van der Waals surface area contributed by atoms with E-state index in [1.807, 2.05) is 39.3 Å². The molecule has 2 aliphatic rings. The maximum atomic E-state index is 13.5. The molecule has 6 heteroatoms. The first-order valence-electron chi connectivity index (χ1n) is 13.0. The Bertz CT molecular complexity index is 1210. The Morgan fingerprint density at radius 1 is 0.917 bits per heavy atom. The van der Waals surface area contributed by atoms with Crippen LogP contribution in [0.5, 0.6) is 0 Å². The number of amides is 2. The fourth-order valence-corrected chi connectivity index (χ4v) is 6.57. The first-order valence-corrected chi connectivity index (χ1v) is 13.9. The molecular formula is C30H35N3O2S. The van der Waals surface area contributed by atoms with Gasteiger partial charge in [-0.05, 0) is 60.4 Å². The Hall–Kier alpha value is -2.96. The average Bonchev–Trinajstić information content (AvgIpc) is 3.37. The second-order valence-electron chi connectivity index (χ2n) is 10.0. The number of carbonyl (C=O) groups excluding carboxylic acids is 2. The lowest BCUT2D eigenvalue weighted by Crippen LogP contribution is -2.57. The average molecular weight is 502 g/mol. The number of aryl methyl sites for hydroxylation is 2. The number of hydrogen-bond acceptors (Lipinski definition) is 4. The third-order valence-corrected chi connectivity index (χ3v) is 8.65. The number of nitrogens with zero attached hydrogens (tertiary/aromatic N) is 3. The van der Waals surface area contributed by atoms with Crippen LogP contribution in [0.3, 0.4) is 0 Å². The second kappa shape index (κ2) is 11.0. The molecule has 0 spiro atoms. The number of hydrogen-bond donors (Lipinski definition) is 0. The highest BCUT2D eigenvalue weighted by Gasteiger charge is 2.34. The summed E-state index contributed by atoms with van der Waals surface area (Å²) in [7, 11) is 0. The number of rotatable bonds is 6. The minimum Gasteiger partial charge on any atom is -0.338 e. The lowest BCUT2D eigenvalue weighted by atomic mass is 9.90. The van der Waals surface area contributed by atoms with Crippen LogP contribution in [0.25, 0.3) is 0 Å². The number of thiophene rings is 1. The molecule has 0 radical (unpaired) electrons. The molecule has 2 atom stereocenters. The van der Waals surface area contributed by atoms with Crippen molar-refractivity contribution in [1.29, 1.82) is 0 Å². The normalized spacial score (nSPS) is 20.3. The van der Waals surface area contributed by atoms with E-state index in [-0.39, 0.29) is 23.9 Å². The van der Waals surface area contributed by atoms with Crippen LogP contribution in [0, 0.1) is 6.92 Å². The van der Waals surface area contributed by atoms with E-state index in [1.165, 1.54) is 27.1 Å². The summed E-state index contributed by atoms with van der Waals surface area (Å²) in [6.45, 7) is 7.32. The largest absolute Gasteiger partial charge is 0.338 e. The van der Waals surface area contributed by atoms with Gasteiger partial charge < -0.3 is 9.80 Å². The van der Waals surface area contributed by atoms with Crippen molar-refractivity contribution in [1.82, 2.24) is 14.7 Å². The minimum atomic E-state index is 0.0305. The summed E-state index contributed by atoms with van der Waals surface area (Å²) in [4.78, 5) is 34.1. The molecule has 2 unspecified atom stereocenters. The van der Waals surface area contributed by atoms with Gasteiger partial charge in [-0.3, -0.25) is 14.5 Å². The van der Waals surface area contributed by atoms with Gasteiger partial charge in [0.05, 0.1) is 12.6 Å². The van der Waals surface area contributed by atoms with Gasteiger partial charge in [-0.15, -0.1) is 11.3 Å². The lowest BCUT2D eigenvalue weighted by molar-refractivity contribution is -0.143. The van der Waals surface area contributed by atoms with Crippen LogP contribution >= 0.6 is 11.3 Å². The van der Waals surface area contributed by atoms with Crippen molar-refractivity contribution in [2.45, 2.75) is 45.2 Å². The highest BCUT2D eigenvalue weighted by molar-refractivity contribution is 7.10. The van der Waals surface area contributed by atoms with Crippen molar-refractivity contribution < 1.29 is 9.59 Å². The third kappa shape index (κ3) is 5.25. The molecule has 1 aromatic heterocycles. The van der Waals surface area contributed by atoms with Crippen LogP contribution in [0.2, 0.25) is 0 Å². The van der Waals surface area contributed by atoms with Crippen molar-refractivity contribution in [3.8, 4) is 0 Å². The number of carbonyl (C=O) groups is 2. The summed E-state index contributed by atoms with van der Waals surface area (Å²) < 4.78 is 0. The number of benzene rings is 2. The van der Waals surface area contributed by atoms with E-state index < -0.39 is 0 Å². The van der Waals surface area contributed by atoms with E-state index in [2.05, 4.69) is 66.6 Å². The van der Waals surface area contributed by atoms with Gasteiger partial charge in [0.2, 0.25) is 11.8 Å². The molecule has 2 amide bonds. The standard InChI is InChI=1S/C30H35N3O2S/c1-22-8-6-7-11-25(22)30-26-15-19-36-27(26)14-16-32(30)21-29(35)31-17-18-33(23(2)20-31)28(34)13-12-24-9-4-3-5-10-24/h3-11,15,19,23,30H,12-14,16-18,20-21H2,1-2H3. The predicted octanol–water partition coefficient (Wildman–Crippen LogP) is 4.70. The molecule has 1 fully saturated rings. The molecule has 2 aliphatic heterocycles. The summed E-state index contributed by atoms with van der Waals surface area (Å²) in [5, 5.41) is 2.18. The molecule has 36 heavy (non-hydrogen) atoms. The van der Waals surface area contributed by atoms with E-state index in [0.29, 0.717) is 32.6 Å². The molecule has 3 heterocycles. The highest BCUT2D eigenvalue weighted by Crippen LogP contribution is 2.38. The molecule has 5 rings (SSSR count). The van der Waals surface area contributed by atoms with Crippen molar-refractivity contribution in [2.24, 2.45) is 0 Å². The number of fused-ring (bicyclic) bond motifs is 1. The summed E-state index contributed by atoms with van der Waals surface area (Å²) in [6, 6.07) is 21.1. The molecule has 0 bridgehead atoms. The molecule has 1 saturated heterocycles. The summed E-state index contributed by atoms with van der Waals surface area (Å²) in [5.41, 5.74) is 5.07. The topological polar surface area (TPSA) is 43.9 Å². The molecule has 188 valence electrons. The lowest BCUT2D eigenvalue weighted by Gasteiger charge is -2.42. The van der Waals surface area contributed by atoms with Crippen molar-refractivity contribution in [2.75, 3.05) is 32.7 Å². The zero-order valence-electron chi connectivity index (χ0n) is 21.2. The first-order chi connectivity index (χ1) is 17.5. The van der Waals surface area contributed by atoms with E-state index in [9.17, 15) is 9.59 Å². The molecule has 5 nitrogen and oxygen atoms in total. The SMILES string of the molecule is Cc1ccccc1C1c2ccsc2CCN1CC(=O)N1CCN(C(=O)CCc2ccccc2)C(C)C1. The van der Waals surface area contributed by atoms with E-state index in [1.54, 1.807) is 0 Å². The molecule has 0 N–H and O–H groups in total. The Morgan fingerprint density at radius 3 is 2.47 bits per heavy atom. The Balaban J connectivity index is 1.22. The van der Waals surface area contributed by atoms with Gasteiger partial charge in [0, 0.05) is 43.5 Å². The molecule has 3 aromatic rings. The minimum absolute atomic E-state index is 0.0305. The fourth-order valence-electron chi connectivity index (χ4n) is 5.66. The van der Waals surface area contributed by atoms with Gasteiger partial charge in [-0.1, -0.05) is 54.6 Å². The maximum Gasteiger partial charge on any atom is 0.236 e. The fraction of sp³-hybridized carbons (Fsp3) is 0.400. The van der Waals surface area contributed by atoms with Crippen molar-refractivity contribution in [3.63, 3.8) is 0 Å². The van der Waals surface area contributed by atoms with Crippen LogP contribution in [0.4, 0.5) is 0 Å². The molecule has 0 aliphatic carbocycles. The second-order valence-corrected chi connectivity index (χ2v) is 11.0. The van der Waals surface area contributed by atoms with Gasteiger partial charge >= 0.3 is 0 Å². The predicted molar refractivity (Wildman–Crippen MR) is 145 cm³/mol. The van der Waals surface area contributed by atoms with Crippen LogP contribution in [0.15, 0.2) is 66.0 Å². The Morgan fingerprint density at radius 2 is 1.69 bits per heavy atom. The summed E-state index contributed by atoms with van der Waals surface area (Å²) >= 11 is 1.82. The monoisotopic (exact) mass is 501 g/mol. The van der Waals surface area contributed by atoms with E-state index in [4.69, 9.17) is 0 Å². The third-order valence-electron chi connectivity index (χ3n) is 7.66. The van der Waals surface area contributed by atoms with Gasteiger partial charge in [0.1, 0.15) is 0 Å². The van der Waals surface area contributed by atoms with Gasteiger partial charge in [-0.2, -0.15) is 0 Å². The summed E-state index contributed by atoms with van der Waals surface area (Å²) in [5.74, 6) is 0.342. The van der Waals surface area contributed by atoms with Crippen LogP contribution in [-0.2, 0) is 22.4 Å². The van der Waals surface area contributed by atoms with Gasteiger partial charge in [0.15, 0.2) is 0 Å². The van der Waals surface area contributed by atoms with Crippen molar-refractivity contribution in [3.05, 3.63) is 93.2 Å². The van der Waals surface area contributed by atoms with E-state index >= 15 is 0 Å². The molecule has 2 aromatic carbocycles. The van der Waals surface area contributed by atoms with Crippen LogP contribution < -0.4 is 0 Å². The van der Waals surface area contributed by atoms with Crippen molar-refractivity contribution >= 4 is 23.2 Å². The van der Waals surface area contributed by atoms with Gasteiger partial charge in [-0.25, -0.2) is 0 Å². The molecule has 0 saturated carbocycles. The Labute approximate surface area is 218 Å². The zero-order chi connectivity index (χ0) is 25.1. The van der Waals surface area contributed by atoms with Gasteiger partial charge in [0.25, 0.3) is 0 Å². The number of piperazine rings is 1. The van der Waals surface area contributed by atoms with E-state index in [0.717, 1.165) is 19.4 Å². The quantitative estimate of drug-likeness (QED) is 0.492.